The van der Waals surface area contributed by atoms with E-state index in [4.69, 9.17) is 10.8 Å². The quantitative estimate of drug-likeness (QED) is 0.757. The van der Waals surface area contributed by atoms with Crippen molar-refractivity contribution in [3.05, 3.63) is 23.8 Å². The van der Waals surface area contributed by atoms with Gasteiger partial charge < -0.3 is 15.7 Å². The molecular weight excluding hydrogens is 214 g/mol. The number of nitrogen functional groups attached to an aromatic ring is 1. The summed E-state index contributed by atoms with van der Waals surface area (Å²) >= 11 is 0. The van der Waals surface area contributed by atoms with E-state index >= 15 is 0 Å². The molecule has 0 bridgehead atoms. The van der Waals surface area contributed by atoms with E-state index in [1.165, 1.54) is 11.3 Å². The van der Waals surface area contributed by atoms with Crippen LogP contribution in [0.4, 0.5) is 11.4 Å². The van der Waals surface area contributed by atoms with E-state index < -0.39 is 0 Å². The maximum atomic E-state index is 8.91. The average Bonchev–Trinajstić information content (AvgIpc) is 2.34. The van der Waals surface area contributed by atoms with Crippen LogP contribution in [-0.2, 0) is 0 Å². The fourth-order valence-corrected chi connectivity index (χ4v) is 2.34. The summed E-state index contributed by atoms with van der Waals surface area (Å²) in [5.74, 6) is 0. The lowest BCUT2D eigenvalue weighted by Crippen LogP contribution is -2.47. The molecule has 4 nitrogen and oxygen atoms in total. The first kappa shape index (κ1) is 12.2. The Hall–Kier alpha value is -1.26. The molecular formula is C13H21N3O. The summed E-state index contributed by atoms with van der Waals surface area (Å²) in [5.41, 5.74) is 9.21. The number of hydrogen-bond donors (Lipinski definition) is 2. The Labute approximate surface area is 103 Å². The highest BCUT2D eigenvalue weighted by Crippen LogP contribution is 2.25. The van der Waals surface area contributed by atoms with E-state index in [1.54, 1.807) is 0 Å². The van der Waals surface area contributed by atoms with Crippen molar-refractivity contribution in [1.82, 2.24) is 4.90 Å². The molecule has 1 heterocycles. The van der Waals surface area contributed by atoms with Crippen molar-refractivity contribution in [2.24, 2.45) is 0 Å². The van der Waals surface area contributed by atoms with Crippen LogP contribution < -0.4 is 10.6 Å². The third-order valence-electron chi connectivity index (χ3n) is 3.48. The van der Waals surface area contributed by atoms with Crippen LogP contribution in [0.1, 0.15) is 5.56 Å². The van der Waals surface area contributed by atoms with E-state index in [0.29, 0.717) is 0 Å². The van der Waals surface area contributed by atoms with E-state index in [1.807, 2.05) is 12.1 Å². The minimum atomic E-state index is 0.247. The van der Waals surface area contributed by atoms with Gasteiger partial charge >= 0.3 is 0 Å². The average molecular weight is 235 g/mol. The summed E-state index contributed by atoms with van der Waals surface area (Å²) < 4.78 is 0. The number of piperazine rings is 1. The van der Waals surface area contributed by atoms with Gasteiger partial charge in [-0.25, -0.2) is 0 Å². The summed E-state index contributed by atoms with van der Waals surface area (Å²) in [7, 11) is 0. The summed E-state index contributed by atoms with van der Waals surface area (Å²) in [4.78, 5) is 4.66. The third kappa shape index (κ3) is 2.70. The summed E-state index contributed by atoms with van der Waals surface area (Å²) in [6.07, 6.45) is 0. The molecule has 2 rings (SSSR count). The zero-order chi connectivity index (χ0) is 12.3. The standard InChI is InChI=1S/C13H21N3O/c1-11-12(14)3-2-4-13(11)16-7-5-15(6-8-16)9-10-17/h2-4,17H,5-10,14H2,1H3. The highest BCUT2D eigenvalue weighted by molar-refractivity contribution is 5.64. The zero-order valence-corrected chi connectivity index (χ0v) is 10.4. The zero-order valence-electron chi connectivity index (χ0n) is 10.4. The molecule has 0 unspecified atom stereocenters. The molecule has 0 spiro atoms. The maximum absolute atomic E-state index is 8.91. The number of aliphatic hydroxyl groups is 1. The summed E-state index contributed by atoms with van der Waals surface area (Å²) in [5, 5.41) is 8.91. The minimum Gasteiger partial charge on any atom is -0.398 e. The summed E-state index contributed by atoms with van der Waals surface area (Å²) in [6, 6.07) is 6.09. The van der Waals surface area contributed by atoms with Crippen molar-refractivity contribution in [2.45, 2.75) is 6.92 Å². The fraction of sp³-hybridized carbons (Fsp3) is 0.538. The van der Waals surface area contributed by atoms with Crippen LogP contribution in [0.5, 0.6) is 0 Å². The first-order valence-corrected chi connectivity index (χ1v) is 6.15. The van der Waals surface area contributed by atoms with Gasteiger partial charge in [-0.1, -0.05) is 6.07 Å². The highest BCUT2D eigenvalue weighted by Gasteiger charge is 2.18. The lowest BCUT2D eigenvalue weighted by Gasteiger charge is -2.36. The molecule has 1 aliphatic heterocycles. The topological polar surface area (TPSA) is 52.7 Å². The Bertz CT molecular complexity index is 373. The Morgan fingerprint density at radius 2 is 1.94 bits per heavy atom. The van der Waals surface area contributed by atoms with Crippen molar-refractivity contribution in [3.8, 4) is 0 Å². The molecule has 1 aromatic carbocycles. The predicted octanol–water partition coefficient (Wildman–Crippen LogP) is 0.692. The minimum absolute atomic E-state index is 0.247. The van der Waals surface area contributed by atoms with Crippen LogP contribution in [-0.4, -0.2) is 49.3 Å². The van der Waals surface area contributed by atoms with Crippen molar-refractivity contribution in [2.75, 3.05) is 50.0 Å². The van der Waals surface area contributed by atoms with Crippen molar-refractivity contribution in [3.63, 3.8) is 0 Å². The molecule has 1 aromatic rings. The third-order valence-corrected chi connectivity index (χ3v) is 3.48. The van der Waals surface area contributed by atoms with Gasteiger partial charge in [-0.05, 0) is 24.6 Å². The largest absolute Gasteiger partial charge is 0.398 e. The number of hydrogen-bond acceptors (Lipinski definition) is 4. The van der Waals surface area contributed by atoms with Crippen molar-refractivity contribution in [1.29, 1.82) is 0 Å². The number of benzene rings is 1. The van der Waals surface area contributed by atoms with Crippen LogP contribution in [0, 0.1) is 6.92 Å². The van der Waals surface area contributed by atoms with E-state index in [2.05, 4.69) is 22.8 Å². The molecule has 1 fully saturated rings. The highest BCUT2D eigenvalue weighted by atomic mass is 16.3. The van der Waals surface area contributed by atoms with Gasteiger partial charge in [-0.15, -0.1) is 0 Å². The van der Waals surface area contributed by atoms with Gasteiger partial charge in [0, 0.05) is 44.1 Å². The Morgan fingerprint density at radius 3 is 2.59 bits per heavy atom. The molecule has 0 amide bonds. The normalized spacial score (nSPS) is 17.4. The number of nitrogens with zero attached hydrogens (tertiary/aromatic N) is 2. The van der Waals surface area contributed by atoms with Gasteiger partial charge in [0.15, 0.2) is 0 Å². The second-order valence-corrected chi connectivity index (χ2v) is 4.54. The van der Waals surface area contributed by atoms with Crippen LogP contribution in [0.15, 0.2) is 18.2 Å². The van der Waals surface area contributed by atoms with Crippen molar-refractivity contribution < 1.29 is 5.11 Å². The van der Waals surface area contributed by atoms with Crippen LogP contribution >= 0.6 is 0 Å². The van der Waals surface area contributed by atoms with Crippen molar-refractivity contribution >= 4 is 11.4 Å². The molecule has 94 valence electrons. The molecule has 0 atom stereocenters. The number of β-amino-alcohol motifs (C(OH)–C–C–N with tert-alkyl or cyclic N) is 1. The lowest BCUT2D eigenvalue weighted by atomic mass is 10.1. The molecule has 0 aromatic heterocycles. The van der Waals surface area contributed by atoms with Gasteiger partial charge in [0.05, 0.1) is 6.61 Å². The Kier molecular flexibility index (Phi) is 3.86. The number of anilines is 2. The summed E-state index contributed by atoms with van der Waals surface area (Å²) in [6.45, 7) is 7.13. The molecule has 1 saturated heterocycles. The molecule has 4 heteroatoms. The van der Waals surface area contributed by atoms with Gasteiger partial charge in [0.25, 0.3) is 0 Å². The first-order chi connectivity index (χ1) is 8.22. The molecule has 0 aliphatic carbocycles. The molecule has 3 N–H and O–H groups in total. The van der Waals surface area contributed by atoms with Gasteiger partial charge in [0.2, 0.25) is 0 Å². The molecule has 0 radical (unpaired) electrons. The van der Waals surface area contributed by atoms with Gasteiger partial charge in [-0.3, -0.25) is 4.90 Å². The van der Waals surface area contributed by atoms with E-state index in [0.717, 1.165) is 38.4 Å². The monoisotopic (exact) mass is 235 g/mol. The second kappa shape index (κ2) is 5.38. The lowest BCUT2D eigenvalue weighted by molar-refractivity contribution is 0.189. The number of rotatable bonds is 3. The SMILES string of the molecule is Cc1c(N)cccc1N1CCN(CCO)CC1. The Morgan fingerprint density at radius 1 is 1.24 bits per heavy atom. The van der Waals surface area contributed by atoms with Crippen LogP contribution in [0.25, 0.3) is 0 Å². The van der Waals surface area contributed by atoms with E-state index in [9.17, 15) is 0 Å². The number of nitrogens with two attached hydrogens (primary N) is 1. The van der Waals surface area contributed by atoms with Crippen LogP contribution in [0.2, 0.25) is 0 Å². The fourth-order valence-electron chi connectivity index (χ4n) is 2.34. The Balaban J connectivity index is 2.03. The molecule has 17 heavy (non-hydrogen) atoms. The van der Waals surface area contributed by atoms with Gasteiger partial charge in [-0.2, -0.15) is 0 Å². The smallest absolute Gasteiger partial charge is 0.0558 e. The maximum Gasteiger partial charge on any atom is 0.0558 e. The molecule has 1 aliphatic rings. The molecule has 0 saturated carbocycles. The predicted molar refractivity (Wildman–Crippen MR) is 71.3 cm³/mol. The number of aliphatic hydroxyl groups excluding tert-OH is 1. The second-order valence-electron chi connectivity index (χ2n) is 4.54. The van der Waals surface area contributed by atoms with Gasteiger partial charge in [0.1, 0.15) is 0 Å². The first-order valence-electron chi connectivity index (χ1n) is 6.15. The van der Waals surface area contributed by atoms with E-state index in [-0.39, 0.29) is 6.61 Å². The van der Waals surface area contributed by atoms with Crippen LogP contribution in [0.3, 0.4) is 0 Å².